The molecule has 1 aromatic rings. The van der Waals surface area contributed by atoms with Gasteiger partial charge < -0.3 is 4.55 Å². The molecule has 0 spiro atoms. The highest BCUT2D eigenvalue weighted by Crippen LogP contribution is 2.22. The molecule has 0 aliphatic carbocycles. The van der Waals surface area contributed by atoms with Gasteiger partial charge in [-0.2, -0.15) is 0 Å². The Hall–Kier alpha value is -0.320. The van der Waals surface area contributed by atoms with Crippen LogP contribution in [0.3, 0.4) is 0 Å². The molecule has 0 bridgehead atoms. The van der Waals surface area contributed by atoms with Gasteiger partial charge in [0, 0.05) is 5.92 Å². The van der Waals surface area contributed by atoms with E-state index in [0.717, 1.165) is 10.6 Å². The molecule has 0 aliphatic heterocycles. The van der Waals surface area contributed by atoms with E-state index in [2.05, 4.69) is 18.2 Å². The van der Waals surface area contributed by atoms with Gasteiger partial charge in [0.25, 0.3) is 0 Å². The highest BCUT2D eigenvalue weighted by Gasteiger charge is 2.28. The summed E-state index contributed by atoms with van der Waals surface area (Å²) in [4.78, 5) is 1.12. The lowest BCUT2D eigenvalue weighted by molar-refractivity contribution is 0.561. The predicted octanol–water partition coefficient (Wildman–Crippen LogP) is 3.66. The Morgan fingerprint density at radius 1 is 1.44 bits per heavy atom. The summed E-state index contributed by atoms with van der Waals surface area (Å²) in [7, 11) is 0. The van der Waals surface area contributed by atoms with Crippen molar-refractivity contribution >= 4 is 28.4 Å². The standard InChI is InChI=1S/C12H19NOS2/c1-9(2)11(10-7-6-8-15-10)13-16(14)12(3,4)5/h6-9H,1-5H3. The van der Waals surface area contributed by atoms with Crippen molar-refractivity contribution in [3.63, 3.8) is 0 Å². The zero-order valence-corrected chi connectivity index (χ0v) is 12.1. The average molecular weight is 257 g/mol. The summed E-state index contributed by atoms with van der Waals surface area (Å²) < 4.78 is 16.1. The molecule has 1 rings (SSSR count). The Morgan fingerprint density at radius 3 is 2.44 bits per heavy atom. The Labute approximate surface area is 105 Å². The highest BCUT2D eigenvalue weighted by molar-refractivity contribution is 7.91. The number of hydrogen-bond acceptors (Lipinski definition) is 3. The van der Waals surface area contributed by atoms with Crippen molar-refractivity contribution in [3.05, 3.63) is 22.4 Å². The van der Waals surface area contributed by atoms with Crippen LogP contribution < -0.4 is 0 Å². The summed E-state index contributed by atoms with van der Waals surface area (Å²) in [5.74, 6) is 0.296. The van der Waals surface area contributed by atoms with E-state index in [4.69, 9.17) is 0 Å². The lowest BCUT2D eigenvalue weighted by Crippen LogP contribution is -2.27. The van der Waals surface area contributed by atoms with Gasteiger partial charge in [-0.3, -0.25) is 0 Å². The van der Waals surface area contributed by atoms with Crippen LogP contribution in [-0.2, 0) is 11.4 Å². The first-order valence-electron chi connectivity index (χ1n) is 5.37. The normalized spacial score (nSPS) is 15.6. The Morgan fingerprint density at radius 2 is 2.06 bits per heavy atom. The fourth-order valence-corrected chi connectivity index (χ4v) is 2.77. The number of nitrogens with zero attached hydrogens (tertiary/aromatic N) is 1. The third-order valence-corrected chi connectivity index (χ3v) is 4.33. The summed E-state index contributed by atoms with van der Waals surface area (Å²) in [6.45, 7) is 9.99. The van der Waals surface area contributed by atoms with E-state index in [-0.39, 0.29) is 4.75 Å². The fraction of sp³-hybridized carbons (Fsp3) is 0.583. The third kappa shape index (κ3) is 3.61. The first kappa shape index (κ1) is 13.7. The van der Waals surface area contributed by atoms with Crippen molar-refractivity contribution in [2.45, 2.75) is 39.4 Å². The zero-order chi connectivity index (χ0) is 12.3. The first-order chi connectivity index (χ1) is 7.32. The molecule has 1 unspecified atom stereocenters. The summed E-state index contributed by atoms with van der Waals surface area (Å²) in [5.41, 5.74) is 0.947. The van der Waals surface area contributed by atoms with Gasteiger partial charge in [0.15, 0.2) is 0 Å². The lowest BCUT2D eigenvalue weighted by atomic mass is 10.1. The SMILES string of the molecule is CC(C)C(=N[S+]([O-])C(C)(C)C)c1cccs1. The molecule has 1 atom stereocenters. The molecule has 0 aliphatic rings. The van der Waals surface area contributed by atoms with Gasteiger partial charge in [0.05, 0.1) is 4.88 Å². The van der Waals surface area contributed by atoms with Crippen LogP contribution in [0.1, 0.15) is 39.5 Å². The van der Waals surface area contributed by atoms with Crippen LogP contribution in [0.15, 0.2) is 21.9 Å². The predicted molar refractivity (Wildman–Crippen MR) is 73.6 cm³/mol. The van der Waals surface area contributed by atoms with Gasteiger partial charge in [0.2, 0.25) is 0 Å². The maximum Gasteiger partial charge on any atom is 0.144 e. The van der Waals surface area contributed by atoms with Crippen molar-refractivity contribution in [2.24, 2.45) is 10.3 Å². The summed E-state index contributed by atoms with van der Waals surface area (Å²) in [5, 5.41) is 2.02. The summed E-state index contributed by atoms with van der Waals surface area (Å²) in [6, 6.07) is 4.03. The van der Waals surface area contributed by atoms with E-state index in [1.807, 2.05) is 38.3 Å². The molecule has 1 heterocycles. The second-order valence-corrected chi connectivity index (χ2v) is 7.82. The minimum absolute atomic E-state index is 0.294. The molecule has 0 aromatic carbocycles. The van der Waals surface area contributed by atoms with Crippen LogP contribution >= 0.6 is 11.3 Å². The highest BCUT2D eigenvalue weighted by atomic mass is 32.2. The minimum atomic E-state index is -1.18. The van der Waals surface area contributed by atoms with Gasteiger partial charge in [0.1, 0.15) is 21.8 Å². The molecule has 2 nitrogen and oxygen atoms in total. The first-order valence-corrected chi connectivity index (χ1v) is 7.35. The molecule has 0 amide bonds. The molecule has 0 saturated heterocycles. The average Bonchev–Trinajstić information content (AvgIpc) is 2.63. The van der Waals surface area contributed by atoms with Gasteiger partial charge >= 0.3 is 0 Å². The third-order valence-electron chi connectivity index (χ3n) is 2.03. The van der Waals surface area contributed by atoms with Crippen molar-refractivity contribution in [1.82, 2.24) is 0 Å². The maximum atomic E-state index is 12.0. The topological polar surface area (TPSA) is 35.4 Å². The molecule has 1 aromatic heterocycles. The molecule has 0 N–H and O–H groups in total. The quantitative estimate of drug-likeness (QED) is 0.601. The Kier molecular flexibility index (Phi) is 4.59. The van der Waals surface area contributed by atoms with Crippen LogP contribution in [0.5, 0.6) is 0 Å². The molecule has 16 heavy (non-hydrogen) atoms. The summed E-state index contributed by atoms with van der Waals surface area (Å²) >= 11 is 0.469. The van der Waals surface area contributed by atoms with Crippen molar-refractivity contribution < 1.29 is 4.55 Å². The fourth-order valence-electron chi connectivity index (χ4n) is 1.09. The lowest BCUT2D eigenvalue weighted by Gasteiger charge is -2.20. The van der Waals surface area contributed by atoms with Gasteiger partial charge in [-0.15, -0.1) is 11.3 Å². The minimum Gasteiger partial charge on any atom is -0.591 e. The van der Waals surface area contributed by atoms with E-state index in [1.54, 1.807) is 11.3 Å². The maximum absolute atomic E-state index is 12.0. The van der Waals surface area contributed by atoms with Crippen LogP contribution in [0.2, 0.25) is 0 Å². The van der Waals surface area contributed by atoms with Gasteiger partial charge in [-0.1, -0.05) is 24.3 Å². The van der Waals surface area contributed by atoms with E-state index >= 15 is 0 Å². The second kappa shape index (κ2) is 5.34. The molecule has 90 valence electrons. The molecule has 0 fully saturated rings. The van der Waals surface area contributed by atoms with Gasteiger partial charge in [-0.05, 0) is 32.2 Å². The molecular formula is C12H19NOS2. The number of rotatable bonds is 3. The van der Waals surface area contributed by atoms with E-state index in [1.165, 1.54) is 0 Å². The second-order valence-electron chi connectivity index (χ2n) is 4.97. The Balaban J connectivity index is 3.00. The molecule has 4 heteroatoms. The van der Waals surface area contributed by atoms with Crippen LogP contribution in [-0.4, -0.2) is 15.0 Å². The van der Waals surface area contributed by atoms with E-state index < -0.39 is 11.4 Å². The number of thiophene rings is 1. The smallest absolute Gasteiger partial charge is 0.144 e. The van der Waals surface area contributed by atoms with Crippen molar-refractivity contribution in [2.75, 3.05) is 0 Å². The largest absolute Gasteiger partial charge is 0.591 e. The number of hydrogen-bond donors (Lipinski definition) is 0. The van der Waals surface area contributed by atoms with Crippen LogP contribution in [0, 0.1) is 5.92 Å². The molecular weight excluding hydrogens is 238 g/mol. The van der Waals surface area contributed by atoms with Crippen LogP contribution in [0.25, 0.3) is 0 Å². The van der Waals surface area contributed by atoms with Crippen molar-refractivity contribution in [1.29, 1.82) is 0 Å². The van der Waals surface area contributed by atoms with E-state index in [0.29, 0.717) is 5.92 Å². The molecule has 0 saturated carbocycles. The summed E-state index contributed by atoms with van der Waals surface area (Å²) in [6.07, 6.45) is 0. The van der Waals surface area contributed by atoms with Crippen molar-refractivity contribution in [3.8, 4) is 0 Å². The van der Waals surface area contributed by atoms with E-state index in [9.17, 15) is 4.55 Å². The van der Waals surface area contributed by atoms with Crippen LogP contribution in [0.4, 0.5) is 0 Å². The zero-order valence-electron chi connectivity index (χ0n) is 10.5. The van der Waals surface area contributed by atoms with Gasteiger partial charge in [-0.25, -0.2) is 0 Å². The Bertz CT molecular complexity index is 350. The monoisotopic (exact) mass is 257 g/mol. The molecule has 0 radical (unpaired) electrons.